The highest BCUT2D eigenvalue weighted by Crippen LogP contribution is 2.38. The topological polar surface area (TPSA) is 58.0 Å². The standard InChI is InChI=1S/C23H21BrN4O2/c24-18-7-5-16(6-8-18)21-14-22(28(15-29)26-21)19-13-17-3-1-2-4-20(17)25-23(19)27-9-11-30-12-10-27/h1-8,13,15,22H,9-12,14H2. The predicted molar refractivity (Wildman–Crippen MR) is 121 cm³/mol. The molecule has 0 spiro atoms. The molecule has 0 bridgehead atoms. The second-order valence-electron chi connectivity index (χ2n) is 7.45. The zero-order valence-electron chi connectivity index (χ0n) is 16.4. The number of pyridine rings is 1. The molecule has 0 saturated carbocycles. The van der Waals surface area contributed by atoms with Gasteiger partial charge in [0.2, 0.25) is 6.41 Å². The number of halogens is 1. The van der Waals surface area contributed by atoms with Crippen molar-refractivity contribution in [2.24, 2.45) is 5.10 Å². The summed E-state index contributed by atoms with van der Waals surface area (Å²) in [6.07, 6.45) is 1.46. The minimum absolute atomic E-state index is 0.184. The molecule has 0 aliphatic carbocycles. The van der Waals surface area contributed by atoms with Crippen LogP contribution in [0.15, 0.2) is 64.2 Å². The fourth-order valence-electron chi connectivity index (χ4n) is 4.09. The molecule has 3 aromatic rings. The van der Waals surface area contributed by atoms with Crippen LogP contribution in [0.2, 0.25) is 0 Å². The van der Waals surface area contributed by atoms with Gasteiger partial charge in [0.25, 0.3) is 0 Å². The summed E-state index contributed by atoms with van der Waals surface area (Å²) in [6.45, 7) is 2.92. The molecule has 7 heteroatoms. The second-order valence-corrected chi connectivity index (χ2v) is 8.37. The van der Waals surface area contributed by atoms with Crippen molar-refractivity contribution in [1.29, 1.82) is 0 Å². The molecule has 5 rings (SSSR count). The zero-order chi connectivity index (χ0) is 20.5. The van der Waals surface area contributed by atoms with Crippen LogP contribution < -0.4 is 4.90 Å². The third-order valence-corrected chi connectivity index (χ3v) is 6.16. The van der Waals surface area contributed by atoms with E-state index in [1.165, 1.54) is 5.01 Å². The van der Waals surface area contributed by atoms with Crippen LogP contribution in [0, 0.1) is 0 Å². The van der Waals surface area contributed by atoms with Crippen molar-refractivity contribution >= 4 is 44.8 Å². The lowest BCUT2D eigenvalue weighted by atomic mass is 9.97. The largest absolute Gasteiger partial charge is 0.378 e. The van der Waals surface area contributed by atoms with E-state index in [0.29, 0.717) is 19.6 Å². The van der Waals surface area contributed by atoms with Gasteiger partial charge in [-0.3, -0.25) is 4.79 Å². The number of hydrazone groups is 1. The number of carbonyl (C=O) groups is 1. The average Bonchev–Trinajstić information content (AvgIpc) is 3.23. The molecular weight excluding hydrogens is 444 g/mol. The van der Waals surface area contributed by atoms with Gasteiger partial charge < -0.3 is 9.64 Å². The van der Waals surface area contributed by atoms with Crippen molar-refractivity contribution in [3.05, 3.63) is 70.2 Å². The van der Waals surface area contributed by atoms with Gasteiger partial charge in [-0.2, -0.15) is 5.10 Å². The van der Waals surface area contributed by atoms with Gasteiger partial charge >= 0.3 is 0 Å². The molecule has 2 aliphatic heterocycles. The summed E-state index contributed by atoms with van der Waals surface area (Å²) in [5.74, 6) is 0.918. The summed E-state index contributed by atoms with van der Waals surface area (Å²) < 4.78 is 6.55. The molecule has 1 amide bonds. The van der Waals surface area contributed by atoms with E-state index in [9.17, 15) is 4.79 Å². The van der Waals surface area contributed by atoms with Gasteiger partial charge in [-0.1, -0.05) is 46.3 Å². The maximum Gasteiger partial charge on any atom is 0.230 e. The number of benzene rings is 2. The number of aromatic nitrogens is 1. The summed E-state index contributed by atoms with van der Waals surface area (Å²) in [5.41, 5.74) is 3.90. The third-order valence-electron chi connectivity index (χ3n) is 5.63. The second kappa shape index (κ2) is 8.16. The van der Waals surface area contributed by atoms with Gasteiger partial charge in [-0.25, -0.2) is 9.99 Å². The number of rotatable bonds is 4. The van der Waals surface area contributed by atoms with Crippen molar-refractivity contribution in [1.82, 2.24) is 9.99 Å². The monoisotopic (exact) mass is 464 g/mol. The first-order valence-corrected chi connectivity index (χ1v) is 10.8. The number of hydrogen-bond acceptors (Lipinski definition) is 5. The molecule has 0 N–H and O–H groups in total. The normalized spacial score (nSPS) is 19.2. The number of ether oxygens (including phenoxy) is 1. The molecule has 1 aromatic heterocycles. The number of fused-ring (bicyclic) bond motifs is 1. The summed E-state index contributed by atoms with van der Waals surface area (Å²) in [5, 5.41) is 7.22. The molecule has 152 valence electrons. The molecule has 1 saturated heterocycles. The van der Waals surface area contributed by atoms with Crippen molar-refractivity contribution in [3.8, 4) is 0 Å². The van der Waals surface area contributed by atoms with Gasteiger partial charge in [-0.05, 0) is 29.8 Å². The lowest BCUT2D eigenvalue weighted by Crippen LogP contribution is -2.38. The molecule has 0 radical (unpaired) electrons. The number of amides is 1. The highest BCUT2D eigenvalue weighted by molar-refractivity contribution is 9.10. The number of morpholine rings is 1. The van der Waals surface area contributed by atoms with Crippen LogP contribution in [0.3, 0.4) is 0 Å². The Kier molecular flexibility index (Phi) is 5.23. The quantitative estimate of drug-likeness (QED) is 0.544. The number of hydrogen-bond donors (Lipinski definition) is 0. The highest BCUT2D eigenvalue weighted by Gasteiger charge is 2.32. The molecule has 1 unspecified atom stereocenters. The van der Waals surface area contributed by atoms with Gasteiger partial charge in [-0.15, -0.1) is 0 Å². The van der Waals surface area contributed by atoms with Crippen molar-refractivity contribution in [3.63, 3.8) is 0 Å². The summed E-state index contributed by atoms with van der Waals surface area (Å²) in [7, 11) is 0. The third kappa shape index (κ3) is 3.59. The smallest absolute Gasteiger partial charge is 0.230 e. The Morgan fingerprint density at radius 1 is 1.07 bits per heavy atom. The van der Waals surface area contributed by atoms with Crippen LogP contribution in [0.25, 0.3) is 10.9 Å². The van der Waals surface area contributed by atoms with Crippen LogP contribution in [0.1, 0.15) is 23.6 Å². The summed E-state index contributed by atoms with van der Waals surface area (Å²) in [4.78, 5) is 19.2. The van der Waals surface area contributed by atoms with Crippen LogP contribution in [0.5, 0.6) is 0 Å². The van der Waals surface area contributed by atoms with Gasteiger partial charge in [0.1, 0.15) is 5.82 Å². The lowest BCUT2D eigenvalue weighted by molar-refractivity contribution is -0.119. The van der Waals surface area contributed by atoms with E-state index in [1.54, 1.807) is 0 Å². The molecule has 2 aliphatic rings. The van der Waals surface area contributed by atoms with E-state index in [0.717, 1.165) is 57.5 Å². The average molecular weight is 465 g/mol. The number of anilines is 1. The van der Waals surface area contributed by atoms with E-state index >= 15 is 0 Å². The Morgan fingerprint density at radius 3 is 2.60 bits per heavy atom. The fourth-order valence-corrected chi connectivity index (χ4v) is 4.35. The summed E-state index contributed by atoms with van der Waals surface area (Å²) >= 11 is 3.47. The highest BCUT2D eigenvalue weighted by atomic mass is 79.9. The van der Waals surface area contributed by atoms with Gasteiger partial charge in [0, 0.05) is 34.9 Å². The van der Waals surface area contributed by atoms with Crippen molar-refractivity contribution < 1.29 is 9.53 Å². The lowest BCUT2D eigenvalue weighted by Gasteiger charge is -2.31. The molecule has 30 heavy (non-hydrogen) atoms. The molecule has 6 nitrogen and oxygen atoms in total. The van der Waals surface area contributed by atoms with E-state index < -0.39 is 0 Å². The number of nitrogens with zero attached hydrogens (tertiary/aromatic N) is 4. The van der Waals surface area contributed by atoms with Crippen molar-refractivity contribution in [2.45, 2.75) is 12.5 Å². The predicted octanol–water partition coefficient (Wildman–Crippen LogP) is 4.14. The first-order valence-electron chi connectivity index (χ1n) is 10.0. The van der Waals surface area contributed by atoms with Gasteiger partial charge in [0.05, 0.1) is 30.5 Å². The Balaban J connectivity index is 1.57. The Morgan fingerprint density at radius 2 is 1.83 bits per heavy atom. The minimum Gasteiger partial charge on any atom is -0.378 e. The maximum absolute atomic E-state index is 11.9. The fraction of sp³-hybridized carbons (Fsp3) is 0.261. The van der Waals surface area contributed by atoms with Crippen LogP contribution in [0.4, 0.5) is 5.82 Å². The molecular formula is C23H21BrN4O2. The summed E-state index contributed by atoms with van der Waals surface area (Å²) in [6, 6.07) is 18.1. The zero-order valence-corrected chi connectivity index (χ0v) is 18.0. The Hall–Kier alpha value is -2.77. The van der Waals surface area contributed by atoms with Gasteiger partial charge in [0.15, 0.2) is 0 Å². The first-order chi connectivity index (χ1) is 14.7. The minimum atomic E-state index is -0.184. The van der Waals surface area contributed by atoms with E-state index in [2.05, 4.69) is 38.1 Å². The Bertz CT molecular complexity index is 1110. The van der Waals surface area contributed by atoms with Crippen LogP contribution in [-0.2, 0) is 9.53 Å². The van der Waals surface area contributed by atoms with E-state index in [-0.39, 0.29) is 6.04 Å². The van der Waals surface area contributed by atoms with Crippen molar-refractivity contribution in [2.75, 3.05) is 31.2 Å². The van der Waals surface area contributed by atoms with Crippen LogP contribution >= 0.6 is 15.9 Å². The Labute approximate surface area is 183 Å². The molecule has 2 aromatic carbocycles. The molecule has 1 fully saturated rings. The van der Waals surface area contributed by atoms with E-state index in [4.69, 9.17) is 9.72 Å². The first kappa shape index (κ1) is 19.2. The van der Waals surface area contributed by atoms with Crippen LogP contribution in [-0.4, -0.2) is 48.4 Å². The number of para-hydroxylation sites is 1. The SMILES string of the molecule is O=CN1N=C(c2ccc(Br)cc2)CC1c1cc2ccccc2nc1N1CCOCC1. The molecule has 1 atom stereocenters. The van der Waals surface area contributed by atoms with E-state index in [1.807, 2.05) is 42.5 Å². The number of carbonyl (C=O) groups excluding carboxylic acids is 1. The maximum atomic E-state index is 11.9. The molecule has 3 heterocycles.